The van der Waals surface area contributed by atoms with Crippen LogP contribution in [0, 0.1) is 6.92 Å². The van der Waals surface area contributed by atoms with Crippen LogP contribution in [0.2, 0.25) is 5.02 Å². The second-order valence-corrected chi connectivity index (χ2v) is 8.78. The van der Waals surface area contributed by atoms with Crippen molar-refractivity contribution in [2.75, 3.05) is 27.4 Å². The number of halogens is 1. The lowest BCUT2D eigenvalue weighted by atomic mass is 9.90. The molecule has 1 atom stereocenters. The molecule has 0 fully saturated rings. The Morgan fingerprint density at radius 1 is 1.13 bits per heavy atom. The summed E-state index contributed by atoms with van der Waals surface area (Å²) in [6, 6.07) is 13.3. The summed E-state index contributed by atoms with van der Waals surface area (Å²) >= 11 is 7.66. The third kappa shape index (κ3) is 4.36. The number of fused-ring (bicyclic) bond motifs is 1. The van der Waals surface area contributed by atoms with Crippen molar-refractivity contribution >= 4 is 28.8 Å². The van der Waals surface area contributed by atoms with Gasteiger partial charge in [0.15, 0.2) is 18.1 Å². The van der Waals surface area contributed by atoms with Crippen molar-refractivity contribution in [3.8, 4) is 17.2 Å². The van der Waals surface area contributed by atoms with Crippen LogP contribution in [0.1, 0.15) is 27.6 Å². The fourth-order valence-electron chi connectivity index (χ4n) is 3.97. The molecular weight excluding hydrogens is 434 g/mol. The smallest absolute Gasteiger partial charge is 0.261 e. The van der Waals surface area contributed by atoms with Gasteiger partial charge < -0.3 is 19.1 Å². The van der Waals surface area contributed by atoms with E-state index >= 15 is 0 Å². The van der Waals surface area contributed by atoms with Crippen molar-refractivity contribution < 1.29 is 19.0 Å². The van der Waals surface area contributed by atoms with Crippen molar-refractivity contribution in [1.82, 2.24) is 4.90 Å². The van der Waals surface area contributed by atoms with Gasteiger partial charge in [0.1, 0.15) is 5.75 Å². The molecule has 3 aromatic rings. The Kier molecular flexibility index (Phi) is 6.39. The maximum absolute atomic E-state index is 13.3. The predicted molar refractivity (Wildman–Crippen MR) is 123 cm³/mol. The Morgan fingerprint density at radius 3 is 2.58 bits per heavy atom. The van der Waals surface area contributed by atoms with Crippen LogP contribution in [-0.2, 0) is 11.2 Å². The molecule has 0 bridgehead atoms. The van der Waals surface area contributed by atoms with Crippen LogP contribution in [0.3, 0.4) is 0 Å². The highest BCUT2D eigenvalue weighted by atomic mass is 35.5. The lowest BCUT2D eigenvalue weighted by Crippen LogP contribution is -2.42. The van der Waals surface area contributed by atoms with Crippen molar-refractivity contribution in [2.24, 2.45) is 0 Å². The largest absolute Gasteiger partial charge is 0.493 e. The number of amides is 1. The van der Waals surface area contributed by atoms with Crippen LogP contribution >= 0.6 is 22.9 Å². The van der Waals surface area contributed by atoms with Gasteiger partial charge in [-0.25, -0.2) is 0 Å². The number of ether oxygens (including phenoxy) is 3. The summed E-state index contributed by atoms with van der Waals surface area (Å²) in [6.07, 6.45) is 0.739. The second-order valence-electron chi connectivity index (χ2n) is 7.36. The molecule has 162 valence electrons. The van der Waals surface area contributed by atoms with Crippen LogP contribution < -0.4 is 14.2 Å². The van der Waals surface area contributed by atoms with Gasteiger partial charge in [-0.1, -0.05) is 17.7 Å². The van der Waals surface area contributed by atoms with E-state index in [1.165, 1.54) is 0 Å². The summed E-state index contributed by atoms with van der Waals surface area (Å²) in [5, 5.41) is 2.67. The zero-order valence-electron chi connectivity index (χ0n) is 17.7. The zero-order chi connectivity index (χ0) is 22.0. The number of carbonyl (C=O) groups is 1. The molecule has 1 aliphatic heterocycles. The minimum Gasteiger partial charge on any atom is -0.493 e. The van der Waals surface area contributed by atoms with E-state index in [-0.39, 0.29) is 18.6 Å². The summed E-state index contributed by atoms with van der Waals surface area (Å²) < 4.78 is 16.9. The van der Waals surface area contributed by atoms with Crippen LogP contribution in [0.25, 0.3) is 0 Å². The minimum atomic E-state index is -0.189. The lowest BCUT2D eigenvalue weighted by Gasteiger charge is -2.37. The maximum atomic E-state index is 13.3. The van der Waals surface area contributed by atoms with Crippen LogP contribution in [0.5, 0.6) is 17.2 Å². The first-order valence-corrected chi connectivity index (χ1v) is 11.2. The SMILES string of the molecule is COc1cc2c(cc1OC)[C@H](c1cccs1)N(C(=O)COc1ccc(Cl)cc1C)CC2. The Morgan fingerprint density at radius 2 is 1.90 bits per heavy atom. The van der Waals surface area contributed by atoms with Gasteiger partial charge in [-0.2, -0.15) is 0 Å². The van der Waals surface area contributed by atoms with Crippen LogP contribution in [-0.4, -0.2) is 38.2 Å². The number of aryl methyl sites for hydroxylation is 1. The highest BCUT2D eigenvalue weighted by molar-refractivity contribution is 7.10. The van der Waals surface area contributed by atoms with E-state index in [1.54, 1.807) is 37.7 Å². The molecule has 0 saturated carbocycles. The fraction of sp³-hybridized carbons (Fsp3) is 0.292. The minimum absolute atomic E-state index is 0.0348. The third-order valence-corrected chi connectivity index (χ3v) is 6.65. The molecule has 2 heterocycles. The molecule has 1 amide bonds. The number of thiophene rings is 1. The molecule has 31 heavy (non-hydrogen) atoms. The zero-order valence-corrected chi connectivity index (χ0v) is 19.3. The van der Waals surface area contributed by atoms with Gasteiger partial charge in [0.05, 0.1) is 20.3 Å². The first kappa shape index (κ1) is 21.5. The van der Waals surface area contributed by atoms with E-state index in [9.17, 15) is 4.79 Å². The van der Waals surface area contributed by atoms with Crippen LogP contribution in [0.15, 0.2) is 47.8 Å². The van der Waals surface area contributed by atoms with E-state index < -0.39 is 0 Å². The number of nitrogens with zero attached hydrogens (tertiary/aromatic N) is 1. The molecular formula is C24H24ClNO4S. The summed E-state index contributed by atoms with van der Waals surface area (Å²) in [4.78, 5) is 16.3. The normalized spacial score (nSPS) is 15.4. The van der Waals surface area contributed by atoms with Gasteiger partial charge in [-0.3, -0.25) is 4.79 Å². The number of carbonyl (C=O) groups excluding carboxylic acids is 1. The molecule has 0 radical (unpaired) electrons. The summed E-state index contributed by atoms with van der Waals surface area (Å²) in [7, 11) is 3.26. The Hall–Kier alpha value is -2.70. The van der Waals surface area contributed by atoms with Gasteiger partial charge in [0, 0.05) is 16.4 Å². The summed E-state index contributed by atoms with van der Waals surface area (Å²) in [6.45, 7) is 2.48. The first-order chi connectivity index (χ1) is 15.0. The van der Waals surface area contributed by atoms with Crippen molar-refractivity contribution in [3.63, 3.8) is 0 Å². The average Bonchev–Trinajstić information content (AvgIpc) is 3.31. The standard InChI is InChI=1S/C24H24ClNO4S/c1-15-11-17(25)6-7-19(15)30-14-23(27)26-9-8-16-12-20(28-2)21(29-3)13-18(16)24(26)22-5-4-10-31-22/h4-7,10-13,24H,8-9,14H2,1-3H3/t24-/m1/s1. The molecule has 2 aromatic carbocycles. The van der Waals surface area contributed by atoms with E-state index in [1.807, 2.05) is 41.5 Å². The van der Waals surface area contributed by atoms with E-state index in [4.69, 9.17) is 25.8 Å². The highest BCUT2D eigenvalue weighted by Crippen LogP contribution is 2.42. The molecule has 4 rings (SSSR count). The Balaban J connectivity index is 1.64. The molecule has 0 saturated heterocycles. The van der Waals surface area contributed by atoms with Crippen molar-refractivity contribution in [2.45, 2.75) is 19.4 Å². The van der Waals surface area contributed by atoms with Crippen molar-refractivity contribution in [1.29, 1.82) is 0 Å². The fourth-order valence-corrected chi connectivity index (χ4v) is 5.05. The highest BCUT2D eigenvalue weighted by Gasteiger charge is 2.34. The predicted octanol–water partition coefficient (Wildman–Crippen LogP) is 5.28. The molecule has 0 unspecified atom stereocenters. The Bertz CT molecular complexity index is 1080. The van der Waals surface area contributed by atoms with Gasteiger partial charge in [0.2, 0.25) is 0 Å². The quantitative estimate of drug-likeness (QED) is 0.505. The molecule has 1 aliphatic rings. The summed E-state index contributed by atoms with van der Waals surface area (Å²) in [5.41, 5.74) is 3.12. The topological polar surface area (TPSA) is 48.0 Å². The van der Waals surface area contributed by atoms with Gasteiger partial charge in [-0.05, 0) is 71.8 Å². The number of hydrogen-bond donors (Lipinski definition) is 0. The average molecular weight is 458 g/mol. The van der Waals surface area contributed by atoms with E-state index in [2.05, 4.69) is 6.07 Å². The van der Waals surface area contributed by atoms with Gasteiger partial charge in [-0.15, -0.1) is 11.3 Å². The molecule has 7 heteroatoms. The Labute approximate surface area is 191 Å². The van der Waals surface area contributed by atoms with E-state index in [0.717, 1.165) is 28.0 Å². The first-order valence-electron chi connectivity index (χ1n) is 9.98. The number of benzene rings is 2. The van der Waals surface area contributed by atoms with Gasteiger partial charge >= 0.3 is 0 Å². The van der Waals surface area contributed by atoms with E-state index in [0.29, 0.717) is 28.8 Å². The number of methoxy groups -OCH3 is 2. The summed E-state index contributed by atoms with van der Waals surface area (Å²) in [5.74, 6) is 1.96. The lowest BCUT2D eigenvalue weighted by molar-refractivity contribution is -0.135. The maximum Gasteiger partial charge on any atom is 0.261 e. The number of hydrogen-bond acceptors (Lipinski definition) is 5. The molecule has 0 N–H and O–H groups in total. The molecule has 5 nitrogen and oxygen atoms in total. The van der Waals surface area contributed by atoms with Gasteiger partial charge in [0.25, 0.3) is 5.91 Å². The molecule has 1 aromatic heterocycles. The van der Waals surface area contributed by atoms with Crippen molar-refractivity contribution in [3.05, 3.63) is 74.4 Å². The molecule has 0 spiro atoms. The monoisotopic (exact) mass is 457 g/mol. The third-order valence-electron chi connectivity index (χ3n) is 5.49. The number of rotatable bonds is 6. The van der Waals surface area contributed by atoms with Crippen LogP contribution in [0.4, 0.5) is 0 Å². The molecule has 0 aliphatic carbocycles. The second kappa shape index (κ2) is 9.20.